The van der Waals surface area contributed by atoms with Gasteiger partial charge in [-0.1, -0.05) is 388 Å². The van der Waals surface area contributed by atoms with E-state index in [1.807, 2.05) is 0 Å². The van der Waals surface area contributed by atoms with Crippen LogP contribution in [0.15, 0.2) is 0 Å². The quantitative estimate of drug-likeness (QED) is 0.0222. The molecule has 0 aliphatic heterocycles. The summed E-state index contributed by atoms with van der Waals surface area (Å²) in [5, 5.41) is 10.6. The third kappa shape index (κ3) is 74.9. The molecule has 0 bridgehead atoms. The van der Waals surface area contributed by atoms with Crippen molar-refractivity contribution >= 4 is 39.5 Å². The summed E-state index contributed by atoms with van der Waals surface area (Å²) in [4.78, 5) is 73.0. The highest BCUT2D eigenvalue weighted by Gasteiger charge is 2.30. The number of hydrogen-bond acceptors (Lipinski definition) is 15. The van der Waals surface area contributed by atoms with Crippen LogP contribution in [0.25, 0.3) is 0 Å². The number of carbonyl (C=O) groups is 4. The van der Waals surface area contributed by atoms with Gasteiger partial charge in [0.2, 0.25) is 0 Å². The van der Waals surface area contributed by atoms with E-state index in [0.717, 1.165) is 108 Å². The molecular formula is C83H162O17P2. The topological polar surface area (TPSA) is 237 Å². The van der Waals surface area contributed by atoms with Crippen molar-refractivity contribution in [1.82, 2.24) is 0 Å². The highest BCUT2D eigenvalue weighted by atomic mass is 31.2. The van der Waals surface area contributed by atoms with Crippen molar-refractivity contribution in [2.24, 2.45) is 11.8 Å². The summed E-state index contributed by atoms with van der Waals surface area (Å²) in [6.07, 6.45) is 65.2. The monoisotopic (exact) mass is 1490 g/mol. The van der Waals surface area contributed by atoms with Crippen LogP contribution in [0, 0.1) is 11.8 Å². The van der Waals surface area contributed by atoms with Crippen molar-refractivity contribution in [3.05, 3.63) is 0 Å². The fourth-order valence-corrected chi connectivity index (χ4v) is 14.4. The Labute approximate surface area is 626 Å². The van der Waals surface area contributed by atoms with Crippen LogP contribution < -0.4 is 0 Å². The van der Waals surface area contributed by atoms with Crippen LogP contribution in [0.2, 0.25) is 0 Å². The van der Waals surface area contributed by atoms with Crippen molar-refractivity contribution in [3.63, 3.8) is 0 Å². The summed E-state index contributed by atoms with van der Waals surface area (Å²) in [6, 6.07) is 0. The van der Waals surface area contributed by atoms with E-state index in [9.17, 15) is 43.2 Å². The fraction of sp³-hybridized carbons (Fsp3) is 0.952. The Bertz CT molecular complexity index is 1960. The second-order valence-corrected chi connectivity index (χ2v) is 33.5. The van der Waals surface area contributed by atoms with Gasteiger partial charge in [-0.05, 0) is 37.5 Å². The number of carbonyl (C=O) groups excluding carboxylic acids is 4. The Balaban J connectivity index is 5.20. The molecule has 102 heavy (non-hydrogen) atoms. The van der Waals surface area contributed by atoms with E-state index in [-0.39, 0.29) is 25.7 Å². The van der Waals surface area contributed by atoms with Gasteiger partial charge in [0.05, 0.1) is 26.4 Å². The number of phosphoric ester groups is 2. The van der Waals surface area contributed by atoms with Gasteiger partial charge >= 0.3 is 39.5 Å². The van der Waals surface area contributed by atoms with Gasteiger partial charge in [-0.3, -0.25) is 37.3 Å². The van der Waals surface area contributed by atoms with E-state index in [1.165, 1.54) is 250 Å². The first-order valence-electron chi connectivity index (χ1n) is 43.0. The van der Waals surface area contributed by atoms with Crippen LogP contribution in [0.1, 0.15) is 440 Å². The van der Waals surface area contributed by atoms with Crippen LogP contribution in [-0.4, -0.2) is 96.7 Å². The minimum atomic E-state index is -4.96. The molecular weight excluding hydrogens is 1330 g/mol. The van der Waals surface area contributed by atoms with Gasteiger partial charge < -0.3 is 33.8 Å². The lowest BCUT2D eigenvalue weighted by Crippen LogP contribution is -2.30. The molecule has 0 rings (SSSR count). The first-order valence-corrected chi connectivity index (χ1v) is 46.0. The molecule has 0 radical (unpaired) electrons. The van der Waals surface area contributed by atoms with E-state index >= 15 is 0 Å². The Hall–Kier alpha value is -1.94. The summed E-state index contributed by atoms with van der Waals surface area (Å²) in [5.41, 5.74) is 0. The van der Waals surface area contributed by atoms with Crippen molar-refractivity contribution < 1.29 is 80.2 Å². The SMILES string of the molecule is CCCCCCCCCCCCCCCCCCCCC(=O)O[C@H](COC(=O)CCCCCCCCCC)COP(=O)(O)OC[C@H](O)COP(=O)(O)OC[C@@H](COC(=O)CCCCCCCCCCCCCCCCC(C)CC)OC(=O)CCCCCCCCCCCCCCCCCC(C)C. The number of ether oxygens (including phenoxy) is 4. The normalized spacial score (nSPS) is 14.1. The molecule has 3 N–H and O–H groups in total. The molecule has 0 fully saturated rings. The Morgan fingerprint density at radius 3 is 0.745 bits per heavy atom. The number of hydrogen-bond donors (Lipinski definition) is 3. The molecule has 0 aliphatic rings. The van der Waals surface area contributed by atoms with Gasteiger partial charge in [0, 0.05) is 25.7 Å². The lowest BCUT2D eigenvalue weighted by molar-refractivity contribution is -0.161. The minimum Gasteiger partial charge on any atom is -0.462 e. The third-order valence-corrected chi connectivity index (χ3v) is 21.7. The molecule has 0 heterocycles. The molecule has 19 heteroatoms. The smallest absolute Gasteiger partial charge is 0.462 e. The maximum atomic E-state index is 13.1. The third-order valence-electron chi connectivity index (χ3n) is 19.8. The Morgan fingerprint density at radius 2 is 0.500 bits per heavy atom. The van der Waals surface area contributed by atoms with Gasteiger partial charge in [-0.15, -0.1) is 0 Å². The van der Waals surface area contributed by atoms with E-state index in [4.69, 9.17) is 37.0 Å². The average Bonchev–Trinajstić information content (AvgIpc) is 0.915. The Kier molecular flexibility index (Phi) is 73.1. The summed E-state index contributed by atoms with van der Waals surface area (Å²) >= 11 is 0. The van der Waals surface area contributed by atoms with Crippen LogP contribution >= 0.6 is 15.6 Å². The van der Waals surface area contributed by atoms with Gasteiger partial charge in [0.25, 0.3) is 0 Å². The fourth-order valence-electron chi connectivity index (χ4n) is 12.9. The second kappa shape index (κ2) is 74.5. The van der Waals surface area contributed by atoms with E-state index in [1.54, 1.807) is 0 Å². The van der Waals surface area contributed by atoms with Crippen molar-refractivity contribution in [2.75, 3.05) is 39.6 Å². The first-order chi connectivity index (χ1) is 49.4. The molecule has 0 aromatic heterocycles. The second-order valence-electron chi connectivity index (χ2n) is 30.6. The number of aliphatic hydroxyl groups excluding tert-OH is 1. The highest BCUT2D eigenvalue weighted by molar-refractivity contribution is 7.47. The van der Waals surface area contributed by atoms with E-state index in [0.29, 0.717) is 25.7 Å². The summed E-state index contributed by atoms with van der Waals surface area (Å²) in [6.45, 7) is 9.71. The number of phosphoric acid groups is 2. The molecule has 3 unspecified atom stereocenters. The predicted octanol–water partition coefficient (Wildman–Crippen LogP) is 25.1. The zero-order valence-corrected chi connectivity index (χ0v) is 68.7. The van der Waals surface area contributed by atoms with Crippen LogP contribution in [-0.2, 0) is 65.4 Å². The maximum absolute atomic E-state index is 13.1. The van der Waals surface area contributed by atoms with Crippen LogP contribution in [0.4, 0.5) is 0 Å². The molecule has 0 amide bonds. The molecule has 0 aromatic rings. The molecule has 6 atom stereocenters. The van der Waals surface area contributed by atoms with Gasteiger partial charge in [0.15, 0.2) is 12.2 Å². The van der Waals surface area contributed by atoms with Crippen molar-refractivity contribution in [2.45, 2.75) is 458 Å². The predicted molar refractivity (Wildman–Crippen MR) is 418 cm³/mol. The number of aliphatic hydroxyl groups is 1. The van der Waals surface area contributed by atoms with Crippen LogP contribution in [0.5, 0.6) is 0 Å². The highest BCUT2D eigenvalue weighted by Crippen LogP contribution is 2.45. The van der Waals surface area contributed by atoms with Gasteiger partial charge in [0.1, 0.15) is 19.3 Å². The summed E-state index contributed by atoms with van der Waals surface area (Å²) in [7, 11) is -9.92. The zero-order chi connectivity index (χ0) is 74.9. The zero-order valence-electron chi connectivity index (χ0n) is 66.9. The largest absolute Gasteiger partial charge is 0.472 e. The molecule has 17 nitrogen and oxygen atoms in total. The van der Waals surface area contributed by atoms with E-state index in [2.05, 4.69) is 41.5 Å². The summed E-state index contributed by atoms with van der Waals surface area (Å²) in [5.74, 6) is -0.455. The number of unbranched alkanes of at least 4 members (excludes halogenated alkanes) is 51. The summed E-state index contributed by atoms with van der Waals surface area (Å²) < 4.78 is 68.7. The van der Waals surface area contributed by atoms with Gasteiger partial charge in [-0.25, -0.2) is 9.13 Å². The molecule has 0 saturated heterocycles. The Morgan fingerprint density at radius 1 is 0.284 bits per heavy atom. The molecule has 0 saturated carbocycles. The first kappa shape index (κ1) is 100. The lowest BCUT2D eigenvalue weighted by Gasteiger charge is -2.21. The molecule has 0 spiro atoms. The molecule has 606 valence electrons. The molecule has 0 aromatic carbocycles. The van der Waals surface area contributed by atoms with Crippen molar-refractivity contribution in [1.29, 1.82) is 0 Å². The standard InChI is InChI=1S/C83H162O17P2/c1-7-10-12-14-16-18-19-20-21-22-23-26-33-38-43-49-55-61-67-82(87)99-78(71-93-80(85)65-59-53-47-17-15-13-11-8-2)73-97-101(89,90)95-69-77(84)70-96-102(91,92)98-74-79(100-83(88)68-62-56-50-44-39-34-27-24-25-30-35-40-45-51-57-63-75(4)5)72-94-81(86)66-60-54-48-42-37-32-29-28-31-36-41-46-52-58-64-76(6)9-3/h75-79,84H,7-74H2,1-6H3,(H,89,90)(H,91,92)/t76?,77-,78+,79+/m0/s1. The average molecular weight is 1490 g/mol. The van der Waals surface area contributed by atoms with Gasteiger partial charge in [-0.2, -0.15) is 0 Å². The minimum absolute atomic E-state index is 0.108. The van der Waals surface area contributed by atoms with E-state index < -0.39 is 97.5 Å². The number of esters is 4. The maximum Gasteiger partial charge on any atom is 0.472 e. The van der Waals surface area contributed by atoms with Crippen LogP contribution in [0.3, 0.4) is 0 Å². The molecule has 0 aliphatic carbocycles. The number of rotatable bonds is 82. The lowest BCUT2D eigenvalue weighted by atomic mass is 9.99. The van der Waals surface area contributed by atoms with Crippen molar-refractivity contribution in [3.8, 4) is 0 Å².